The van der Waals surface area contributed by atoms with Crippen LogP contribution >= 0.6 is 0 Å². The molecule has 0 unspecified atom stereocenters. The van der Waals surface area contributed by atoms with Crippen molar-refractivity contribution in [3.63, 3.8) is 0 Å². The topological polar surface area (TPSA) is 35.5 Å². The summed E-state index contributed by atoms with van der Waals surface area (Å²) in [5.41, 5.74) is 1.63. The normalized spacial score (nSPS) is 11.2. The number of ketones is 1. The SMILES string of the molecule is CCCCCCCCCCCCCCCCCCOc1ccc(C=CC(=O)c2ccc(OC)cc2)cc1. The van der Waals surface area contributed by atoms with Crippen molar-refractivity contribution in [1.29, 1.82) is 0 Å². The predicted molar refractivity (Wildman–Crippen MR) is 158 cm³/mol. The molecule has 2 aromatic rings. The first-order valence-electron chi connectivity index (χ1n) is 14.8. The van der Waals surface area contributed by atoms with Crippen molar-refractivity contribution in [2.24, 2.45) is 0 Å². The first kappa shape index (κ1) is 30.7. The summed E-state index contributed by atoms with van der Waals surface area (Å²) in [7, 11) is 1.62. The zero-order valence-corrected chi connectivity index (χ0v) is 23.5. The lowest BCUT2D eigenvalue weighted by Gasteiger charge is -2.07. The Morgan fingerprint density at radius 3 is 1.57 bits per heavy atom. The predicted octanol–water partition coefficient (Wildman–Crippen LogP) is 10.2. The number of rotatable bonds is 22. The monoisotopic (exact) mass is 506 g/mol. The summed E-state index contributed by atoms with van der Waals surface area (Å²) in [6.45, 7) is 3.05. The Hall–Kier alpha value is -2.55. The van der Waals surface area contributed by atoms with Gasteiger partial charge < -0.3 is 9.47 Å². The molecule has 0 fully saturated rings. The second kappa shape index (κ2) is 20.5. The molecule has 37 heavy (non-hydrogen) atoms. The zero-order valence-electron chi connectivity index (χ0n) is 23.5. The van der Waals surface area contributed by atoms with Crippen LogP contribution in [0.1, 0.15) is 126 Å². The van der Waals surface area contributed by atoms with Crippen LogP contribution < -0.4 is 9.47 Å². The number of carbonyl (C=O) groups excluding carboxylic acids is 1. The molecule has 2 aromatic carbocycles. The Morgan fingerprint density at radius 1 is 0.622 bits per heavy atom. The molecule has 0 bridgehead atoms. The van der Waals surface area contributed by atoms with E-state index in [0.29, 0.717) is 5.56 Å². The van der Waals surface area contributed by atoms with Gasteiger partial charge in [0.2, 0.25) is 0 Å². The van der Waals surface area contributed by atoms with Gasteiger partial charge in [-0.15, -0.1) is 0 Å². The van der Waals surface area contributed by atoms with Gasteiger partial charge in [0.05, 0.1) is 13.7 Å². The quantitative estimate of drug-likeness (QED) is 0.0905. The van der Waals surface area contributed by atoms with Crippen molar-refractivity contribution in [2.75, 3.05) is 13.7 Å². The van der Waals surface area contributed by atoms with Crippen molar-refractivity contribution < 1.29 is 14.3 Å². The van der Waals surface area contributed by atoms with Crippen molar-refractivity contribution in [3.05, 3.63) is 65.7 Å². The number of allylic oxidation sites excluding steroid dienone is 1. The van der Waals surface area contributed by atoms with E-state index in [1.54, 1.807) is 37.5 Å². The average molecular weight is 507 g/mol. The summed E-state index contributed by atoms with van der Waals surface area (Å²) in [4.78, 5) is 12.3. The standard InChI is InChI=1S/C34H50O3/c1-3-4-5-6-7-8-9-10-11-12-13-14-15-16-17-18-29-37-33-24-19-30(20-25-33)21-28-34(35)31-22-26-32(36-2)27-23-31/h19-28H,3-18,29H2,1-2H3. The van der Waals surface area contributed by atoms with Crippen LogP contribution in [-0.2, 0) is 0 Å². The van der Waals surface area contributed by atoms with Gasteiger partial charge >= 0.3 is 0 Å². The first-order valence-corrected chi connectivity index (χ1v) is 14.8. The highest BCUT2D eigenvalue weighted by molar-refractivity contribution is 6.06. The summed E-state index contributed by atoms with van der Waals surface area (Å²) >= 11 is 0. The van der Waals surface area contributed by atoms with Gasteiger partial charge in [-0.05, 0) is 54.5 Å². The van der Waals surface area contributed by atoms with Crippen molar-refractivity contribution in [2.45, 2.75) is 110 Å². The second-order valence-corrected chi connectivity index (χ2v) is 10.1. The Kier molecular flexibility index (Phi) is 17.0. The molecule has 0 heterocycles. The van der Waals surface area contributed by atoms with Crippen LogP contribution in [0.25, 0.3) is 6.08 Å². The highest BCUT2D eigenvalue weighted by atomic mass is 16.5. The Morgan fingerprint density at radius 2 is 1.08 bits per heavy atom. The van der Waals surface area contributed by atoms with E-state index < -0.39 is 0 Å². The first-order chi connectivity index (χ1) is 18.2. The van der Waals surface area contributed by atoms with Crippen LogP contribution in [0.15, 0.2) is 54.6 Å². The molecule has 2 rings (SSSR count). The molecule has 0 atom stereocenters. The van der Waals surface area contributed by atoms with Crippen LogP contribution in [-0.4, -0.2) is 19.5 Å². The maximum absolute atomic E-state index is 12.3. The minimum atomic E-state index is -0.0218. The van der Waals surface area contributed by atoms with Gasteiger partial charge in [-0.2, -0.15) is 0 Å². The van der Waals surface area contributed by atoms with E-state index in [1.807, 2.05) is 30.3 Å². The number of hydrogen-bond acceptors (Lipinski definition) is 3. The summed E-state index contributed by atoms with van der Waals surface area (Å²) in [5.74, 6) is 1.61. The van der Waals surface area contributed by atoms with E-state index in [9.17, 15) is 4.79 Å². The minimum absolute atomic E-state index is 0.0218. The van der Waals surface area contributed by atoms with E-state index >= 15 is 0 Å². The van der Waals surface area contributed by atoms with Gasteiger partial charge in [0.1, 0.15) is 11.5 Å². The molecule has 204 valence electrons. The third-order valence-electron chi connectivity index (χ3n) is 6.95. The Bertz CT molecular complexity index is 852. The molecule has 0 N–H and O–H groups in total. The van der Waals surface area contributed by atoms with Crippen molar-refractivity contribution in [1.82, 2.24) is 0 Å². The molecule has 0 aliphatic heterocycles. The Labute approximate surface area is 226 Å². The summed E-state index contributed by atoms with van der Waals surface area (Å²) in [6, 6.07) is 15.1. The maximum Gasteiger partial charge on any atom is 0.185 e. The molecule has 0 saturated carbocycles. The summed E-state index contributed by atoms with van der Waals surface area (Å²) in [5, 5.41) is 0. The number of benzene rings is 2. The summed E-state index contributed by atoms with van der Waals surface area (Å²) in [6.07, 6.45) is 25.5. The molecule has 0 radical (unpaired) electrons. The molecule has 0 spiro atoms. The smallest absolute Gasteiger partial charge is 0.185 e. The summed E-state index contributed by atoms with van der Waals surface area (Å²) < 4.78 is 11.0. The molecule has 0 aromatic heterocycles. The van der Waals surface area contributed by atoms with Crippen LogP contribution in [0.3, 0.4) is 0 Å². The van der Waals surface area contributed by atoms with E-state index in [1.165, 1.54) is 96.3 Å². The van der Waals surface area contributed by atoms with E-state index in [2.05, 4.69) is 6.92 Å². The van der Waals surface area contributed by atoms with Crippen LogP contribution in [0.4, 0.5) is 0 Å². The number of ether oxygens (including phenoxy) is 2. The number of methoxy groups -OCH3 is 1. The lowest BCUT2D eigenvalue weighted by molar-refractivity contribution is 0.104. The van der Waals surface area contributed by atoms with E-state index in [4.69, 9.17) is 9.47 Å². The van der Waals surface area contributed by atoms with Crippen LogP contribution in [0.2, 0.25) is 0 Å². The zero-order chi connectivity index (χ0) is 26.4. The van der Waals surface area contributed by atoms with Gasteiger partial charge in [0.15, 0.2) is 5.78 Å². The molecular weight excluding hydrogens is 456 g/mol. The largest absolute Gasteiger partial charge is 0.497 e. The fraction of sp³-hybridized carbons (Fsp3) is 0.559. The van der Waals surface area contributed by atoms with E-state index in [-0.39, 0.29) is 5.78 Å². The average Bonchev–Trinajstić information content (AvgIpc) is 2.94. The number of unbranched alkanes of at least 4 members (excludes halogenated alkanes) is 15. The lowest BCUT2D eigenvalue weighted by Crippen LogP contribution is -1.97. The van der Waals surface area contributed by atoms with Crippen molar-refractivity contribution >= 4 is 11.9 Å². The fourth-order valence-electron chi connectivity index (χ4n) is 4.54. The third-order valence-corrected chi connectivity index (χ3v) is 6.95. The fourth-order valence-corrected chi connectivity index (χ4v) is 4.54. The molecule has 0 aliphatic rings. The van der Waals surface area contributed by atoms with Gasteiger partial charge in [0, 0.05) is 5.56 Å². The van der Waals surface area contributed by atoms with Crippen LogP contribution in [0, 0.1) is 0 Å². The third kappa shape index (κ3) is 14.7. The highest BCUT2D eigenvalue weighted by Gasteiger charge is 2.02. The molecular formula is C34H50O3. The van der Waals surface area contributed by atoms with Gasteiger partial charge in [-0.25, -0.2) is 0 Å². The van der Waals surface area contributed by atoms with Gasteiger partial charge in [0.25, 0.3) is 0 Å². The number of hydrogen-bond donors (Lipinski definition) is 0. The molecule has 3 heteroatoms. The maximum atomic E-state index is 12.3. The van der Waals surface area contributed by atoms with E-state index in [0.717, 1.165) is 30.1 Å². The Balaban J connectivity index is 1.44. The highest BCUT2D eigenvalue weighted by Crippen LogP contribution is 2.17. The molecule has 3 nitrogen and oxygen atoms in total. The van der Waals surface area contributed by atoms with Gasteiger partial charge in [-0.1, -0.05) is 121 Å². The lowest BCUT2D eigenvalue weighted by atomic mass is 10.0. The molecule has 0 aliphatic carbocycles. The number of carbonyl (C=O) groups is 1. The second-order valence-electron chi connectivity index (χ2n) is 10.1. The molecule has 0 amide bonds. The molecule has 0 saturated heterocycles. The van der Waals surface area contributed by atoms with Crippen LogP contribution in [0.5, 0.6) is 11.5 Å². The van der Waals surface area contributed by atoms with Gasteiger partial charge in [-0.3, -0.25) is 4.79 Å². The van der Waals surface area contributed by atoms with Crippen molar-refractivity contribution in [3.8, 4) is 11.5 Å². The minimum Gasteiger partial charge on any atom is -0.497 e.